The second-order valence-corrected chi connectivity index (χ2v) is 10.4. The van der Waals surface area contributed by atoms with E-state index >= 15 is 0 Å². The van der Waals surface area contributed by atoms with Gasteiger partial charge in [-0.2, -0.15) is 0 Å². The Balaban J connectivity index is 1.63. The van der Waals surface area contributed by atoms with Crippen LogP contribution in [0.25, 0.3) is 0 Å². The summed E-state index contributed by atoms with van der Waals surface area (Å²) in [7, 11) is 1.33. The molecule has 34 heavy (non-hydrogen) atoms. The molecule has 0 unspecified atom stereocenters. The number of rotatable bonds is 8. The number of halogens is 1. The third kappa shape index (κ3) is 5.24. The maximum atomic E-state index is 13.9. The minimum atomic E-state index is -4.00. The van der Waals surface area contributed by atoms with Crippen molar-refractivity contribution >= 4 is 15.7 Å². The fourth-order valence-electron chi connectivity index (χ4n) is 4.36. The normalized spacial score (nSPS) is 14.9. The summed E-state index contributed by atoms with van der Waals surface area (Å²) in [5.74, 6) is -0.530. The smallest absolute Gasteiger partial charge is 0.244 e. The largest absolute Gasteiger partial charge is 0.495 e. The Hall–Kier alpha value is -2.94. The molecule has 8 heteroatoms. The van der Waals surface area contributed by atoms with Crippen LogP contribution in [-0.2, 0) is 23.0 Å². The molecule has 0 aromatic heterocycles. The molecule has 0 aliphatic carbocycles. The number of nitrogens with one attached hydrogen (secondary N) is 1. The van der Waals surface area contributed by atoms with Crippen molar-refractivity contribution in [2.24, 2.45) is 0 Å². The lowest BCUT2D eigenvalue weighted by Gasteiger charge is -2.36. The van der Waals surface area contributed by atoms with Gasteiger partial charge in [0.25, 0.3) is 0 Å². The highest BCUT2D eigenvalue weighted by atomic mass is 32.2. The summed E-state index contributed by atoms with van der Waals surface area (Å²) in [5, 5.41) is 0. The number of methoxy groups -OCH3 is 1. The average Bonchev–Trinajstić information content (AvgIpc) is 2.84. The minimum Gasteiger partial charge on any atom is -0.495 e. The van der Waals surface area contributed by atoms with Crippen LogP contribution in [-0.4, -0.2) is 47.6 Å². The number of hydrogen-bond acceptors (Lipinski definition) is 5. The van der Waals surface area contributed by atoms with E-state index in [1.807, 2.05) is 55.4 Å². The zero-order valence-electron chi connectivity index (χ0n) is 19.7. The quantitative estimate of drug-likeness (QED) is 0.525. The van der Waals surface area contributed by atoms with Crippen LogP contribution in [0.4, 0.5) is 10.1 Å². The second kappa shape index (κ2) is 10.1. The monoisotopic (exact) mass is 483 g/mol. The molecule has 0 radical (unpaired) electrons. The first-order valence-electron chi connectivity index (χ1n) is 11.2. The van der Waals surface area contributed by atoms with E-state index in [1.165, 1.54) is 30.4 Å². The highest BCUT2D eigenvalue weighted by Gasteiger charge is 2.28. The lowest BCUT2D eigenvalue weighted by molar-refractivity contribution is 0.180. The summed E-state index contributed by atoms with van der Waals surface area (Å²) in [6.07, 6.45) is 0.896. The Morgan fingerprint density at radius 3 is 2.44 bits per heavy atom. The van der Waals surface area contributed by atoms with Crippen molar-refractivity contribution < 1.29 is 17.5 Å². The molecule has 0 spiro atoms. The molecule has 6 nitrogen and oxygen atoms in total. The summed E-state index contributed by atoms with van der Waals surface area (Å²) in [4.78, 5) is 4.11. The molecule has 1 aliphatic rings. The van der Waals surface area contributed by atoms with E-state index in [4.69, 9.17) is 4.74 Å². The van der Waals surface area contributed by atoms with E-state index in [0.29, 0.717) is 0 Å². The second-order valence-electron chi connectivity index (χ2n) is 8.64. The van der Waals surface area contributed by atoms with Gasteiger partial charge in [-0.3, -0.25) is 4.90 Å². The van der Waals surface area contributed by atoms with Crippen LogP contribution in [0, 0.1) is 5.82 Å². The number of ether oxygens (including phenoxy) is 1. The molecule has 0 amide bonds. The van der Waals surface area contributed by atoms with Crippen LogP contribution in [0.3, 0.4) is 0 Å². The Morgan fingerprint density at radius 2 is 1.76 bits per heavy atom. The maximum absolute atomic E-state index is 13.9. The highest BCUT2D eigenvalue weighted by Crippen LogP contribution is 2.30. The van der Waals surface area contributed by atoms with Crippen LogP contribution < -0.4 is 14.4 Å². The molecule has 0 saturated carbocycles. The third-order valence-electron chi connectivity index (χ3n) is 6.28. The summed E-state index contributed by atoms with van der Waals surface area (Å²) >= 11 is 0. The highest BCUT2D eigenvalue weighted by molar-refractivity contribution is 7.89. The van der Waals surface area contributed by atoms with Crippen molar-refractivity contribution in [2.45, 2.75) is 23.9 Å². The maximum Gasteiger partial charge on any atom is 0.244 e. The number of sulfonamides is 1. The Labute approximate surface area is 201 Å². The fourth-order valence-corrected chi connectivity index (χ4v) is 5.58. The zero-order valence-corrected chi connectivity index (χ0v) is 20.5. The number of benzene rings is 3. The molecule has 4 rings (SSSR count). The van der Waals surface area contributed by atoms with Gasteiger partial charge >= 0.3 is 0 Å². The Kier molecular flexibility index (Phi) is 7.21. The summed E-state index contributed by atoms with van der Waals surface area (Å²) in [6, 6.07) is 19.8. The van der Waals surface area contributed by atoms with Crippen LogP contribution in [0.5, 0.6) is 5.75 Å². The van der Waals surface area contributed by atoms with Gasteiger partial charge in [0.05, 0.1) is 7.11 Å². The molecular formula is C26H30FN3O3S. The number of nitrogens with zero attached hydrogens (tertiary/aromatic N) is 2. The lowest BCUT2D eigenvalue weighted by Crippen LogP contribution is -2.40. The van der Waals surface area contributed by atoms with Crippen molar-refractivity contribution in [3.05, 3.63) is 89.2 Å². The first kappa shape index (κ1) is 24.2. The standard InChI is InChI=1S/C26H30FN3O3S/c1-29(2)23-11-8-20(9-12-23)24(30-15-14-19-6-4-5-7-21(19)18-30)17-28-34(31,32)26-16-22(27)10-13-25(26)33-3/h4-13,16,24,28H,14-15,17-18H2,1-3H3/t24-/m0/s1. The predicted octanol–water partition coefficient (Wildman–Crippen LogP) is 3.98. The van der Waals surface area contributed by atoms with E-state index in [-0.39, 0.29) is 23.2 Å². The summed E-state index contributed by atoms with van der Waals surface area (Å²) in [6.45, 7) is 1.68. The van der Waals surface area contributed by atoms with E-state index in [1.54, 1.807) is 0 Å². The SMILES string of the molecule is COc1ccc(F)cc1S(=O)(=O)NC[C@@H](c1ccc(N(C)C)cc1)N1CCc2ccccc2C1. The van der Waals surface area contributed by atoms with Crippen molar-refractivity contribution in [2.75, 3.05) is 39.2 Å². The molecule has 0 fully saturated rings. The van der Waals surface area contributed by atoms with Crippen molar-refractivity contribution in [1.82, 2.24) is 9.62 Å². The topological polar surface area (TPSA) is 61.9 Å². The fraction of sp³-hybridized carbons (Fsp3) is 0.308. The van der Waals surface area contributed by atoms with Gasteiger partial charge in [0, 0.05) is 45.5 Å². The van der Waals surface area contributed by atoms with Gasteiger partial charge in [-0.1, -0.05) is 36.4 Å². The molecule has 180 valence electrons. The molecule has 1 N–H and O–H groups in total. The third-order valence-corrected chi connectivity index (χ3v) is 7.72. The van der Waals surface area contributed by atoms with Gasteiger partial charge < -0.3 is 9.64 Å². The number of anilines is 1. The predicted molar refractivity (Wildman–Crippen MR) is 132 cm³/mol. The number of fused-ring (bicyclic) bond motifs is 1. The van der Waals surface area contributed by atoms with Crippen LogP contribution in [0.1, 0.15) is 22.7 Å². The minimum absolute atomic E-state index is 0.104. The van der Waals surface area contributed by atoms with Gasteiger partial charge in [0.15, 0.2) is 0 Å². The number of hydrogen-bond donors (Lipinski definition) is 1. The molecule has 1 heterocycles. The Morgan fingerprint density at radius 1 is 1.06 bits per heavy atom. The van der Waals surface area contributed by atoms with Gasteiger partial charge in [-0.15, -0.1) is 0 Å². The van der Waals surface area contributed by atoms with E-state index < -0.39 is 15.8 Å². The molecule has 0 bridgehead atoms. The van der Waals surface area contributed by atoms with E-state index in [9.17, 15) is 12.8 Å². The van der Waals surface area contributed by atoms with Crippen molar-refractivity contribution in [3.8, 4) is 5.75 Å². The first-order valence-corrected chi connectivity index (χ1v) is 12.7. The molecule has 3 aromatic carbocycles. The van der Waals surface area contributed by atoms with Gasteiger partial charge in [-0.25, -0.2) is 17.5 Å². The lowest BCUT2D eigenvalue weighted by atomic mass is 9.96. The van der Waals surface area contributed by atoms with E-state index in [2.05, 4.69) is 21.8 Å². The summed E-state index contributed by atoms with van der Waals surface area (Å²) < 4.78 is 48.0. The average molecular weight is 484 g/mol. The van der Waals surface area contributed by atoms with E-state index in [0.717, 1.165) is 36.8 Å². The van der Waals surface area contributed by atoms with Gasteiger partial charge in [-0.05, 0) is 53.4 Å². The van der Waals surface area contributed by atoms with Crippen molar-refractivity contribution in [1.29, 1.82) is 0 Å². The molecular weight excluding hydrogens is 453 g/mol. The van der Waals surface area contributed by atoms with Crippen LogP contribution in [0.2, 0.25) is 0 Å². The van der Waals surface area contributed by atoms with Gasteiger partial charge in [0.1, 0.15) is 16.5 Å². The summed E-state index contributed by atoms with van der Waals surface area (Å²) in [5.41, 5.74) is 4.65. The van der Waals surface area contributed by atoms with Crippen molar-refractivity contribution in [3.63, 3.8) is 0 Å². The molecule has 1 atom stereocenters. The Bertz CT molecular complexity index is 1250. The van der Waals surface area contributed by atoms with Gasteiger partial charge in [0.2, 0.25) is 10.0 Å². The van der Waals surface area contributed by atoms with Crippen LogP contribution >= 0.6 is 0 Å². The molecule has 0 saturated heterocycles. The first-order chi connectivity index (χ1) is 16.3. The zero-order chi connectivity index (χ0) is 24.3. The molecule has 1 aliphatic heterocycles. The van der Waals surface area contributed by atoms with Crippen LogP contribution in [0.15, 0.2) is 71.6 Å². The molecule has 3 aromatic rings.